The minimum absolute atomic E-state index is 0.157. The van der Waals surface area contributed by atoms with E-state index < -0.39 is 6.04 Å². The zero-order chi connectivity index (χ0) is 18.5. The summed E-state index contributed by atoms with van der Waals surface area (Å²) in [4.78, 5) is 29.0. The van der Waals surface area contributed by atoms with Crippen molar-refractivity contribution < 1.29 is 14.3 Å². The maximum absolute atomic E-state index is 12.4. The molecule has 1 heterocycles. The molecule has 2 amide bonds. The van der Waals surface area contributed by atoms with Crippen molar-refractivity contribution in [2.45, 2.75) is 26.3 Å². The van der Waals surface area contributed by atoms with Gasteiger partial charge in [0.15, 0.2) is 0 Å². The standard InChI is InChI=1S/C20H21N3O3/c1-3-26-17-10-5-4-9-15(17)16-12-18(24)22-20(21-16)23-19(25)14-8-6-7-13(2)11-14/h4-11,16H,3,12H2,1-2H3,(H2,21,22,23,24,25). The maximum atomic E-state index is 12.4. The lowest BCUT2D eigenvalue weighted by Crippen LogP contribution is -2.47. The molecule has 0 aliphatic carbocycles. The molecule has 0 fully saturated rings. The highest BCUT2D eigenvalue weighted by molar-refractivity contribution is 6.10. The van der Waals surface area contributed by atoms with Crippen LogP contribution < -0.4 is 15.4 Å². The summed E-state index contributed by atoms with van der Waals surface area (Å²) < 4.78 is 5.64. The number of amides is 2. The summed E-state index contributed by atoms with van der Waals surface area (Å²) in [5, 5.41) is 5.30. The smallest absolute Gasteiger partial charge is 0.257 e. The van der Waals surface area contributed by atoms with Crippen LogP contribution in [-0.2, 0) is 4.79 Å². The monoisotopic (exact) mass is 351 g/mol. The van der Waals surface area contributed by atoms with Crippen LogP contribution in [0.15, 0.2) is 53.5 Å². The number of ether oxygens (including phenoxy) is 1. The van der Waals surface area contributed by atoms with E-state index in [0.29, 0.717) is 17.9 Å². The van der Waals surface area contributed by atoms with Crippen molar-refractivity contribution in [2.75, 3.05) is 6.61 Å². The SMILES string of the molecule is CCOc1ccccc1C1CC(=O)NC(NC(=O)c2cccc(C)c2)=N1. The van der Waals surface area contributed by atoms with Crippen LogP contribution in [-0.4, -0.2) is 24.4 Å². The number of aryl methyl sites for hydroxylation is 1. The number of benzene rings is 2. The molecule has 0 saturated heterocycles. The summed E-state index contributed by atoms with van der Waals surface area (Å²) in [6.45, 7) is 4.34. The van der Waals surface area contributed by atoms with Gasteiger partial charge in [-0.05, 0) is 32.0 Å². The van der Waals surface area contributed by atoms with Gasteiger partial charge in [-0.3, -0.25) is 20.2 Å². The topological polar surface area (TPSA) is 79.8 Å². The molecule has 1 aliphatic rings. The Morgan fingerprint density at radius 3 is 2.85 bits per heavy atom. The van der Waals surface area contributed by atoms with Crippen molar-refractivity contribution in [3.63, 3.8) is 0 Å². The molecule has 0 saturated carbocycles. The fourth-order valence-corrected chi connectivity index (χ4v) is 2.84. The fraction of sp³-hybridized carbons (Fsp3) is 0.250. The van der Waals surface area contributed by atoms with Crippen molar-refractivity contribution in [3.05, 3.63) is 65.2 Å². The molecule has 1 unspecified atom stereocenters. The van der Waals surface area contributed by atoms with Gasteiger partial charge >= 0.3 is 0 Å². The van der Waals surface area contributed by atoms with E-state index in [4.69, 9.17) is 4.74 Å². The van der Waals surface area contributed by atoms with E-state index in [0.717, 1.165) is 11.1 Å². The Kier molecular flexibility index (Phi) is 5.31. The van der Waals surface area contributed by atoms with Crippen molar-refractivity contribution in [2.24, 2.45) is 4.99 Å². The third-order valence-electron chi connectivity index (χ3n) is 4.01. The Morgan fingerprint density at radius 2 is 2.08 bits per heavy atom. The van der Waals surface area contributed by atoms with E-state index in [1.54, 1.807) is 12.1 Å². The minimum Gasteiger partial charge on any atom is -0.494 e. The van der Waals surface area contributed by atoms with Gasteiger partial charge in [0, 0.05) is 11.1 Å². The molecule has 2 aromatic rings. The Morgan fingerprint density at radius 1 is 1.27 bits per heavy atom. The van der Waals surface area contributed by atoms with Gasteiger partial charge in [-0.15, -0.1) is 0 Å². The van der Waals surface area contributed by atoms with Gasteiger partial charge in [0.1, 0.15) is 5.75 Å². The summed E-state index contributed by atoms with van der Waals surface area (Å²) in [6, 6.07) is 14.3. The molecule has 0 aromatic heterocycles. The summed E-state index contributed by atoms with van der Waals surface area (Å²) in [5.41, 5.74) is 2.32. The summed E-state index contributed by atoms with van der Waals surface area (Å²) in [5.74, 6) is 0.342. The lowest BCUT2D eigenvalue weighted by atomic mass is 10.0. The van der Waals surface area contributed by atoms with Crippen LogP contribution in [0, 0.1) is 6.92 Å². The number of rotatable bonds is 4. The van der Waals surface area contributed by atoms with Crippen LogP contribution in [0.5, 0.6) is 5.75 Å². The van der Waals surface area contributed by atoms with Crippen LogP contribution in [0.25, 0.3) is 0 Å². The Bertz CT molecular complexity index is 861. The van der Waals surface area contributed by atoms with Crippen LogP contribution in [0.2, 0.25) is 0 Å². The second-order valence-corrected chi connectivity index (χ2v) is 6.04. The number of carbonyl (C=O) groups is 2. The quantitative estimate of drug-likeness (QED) is 0.889. The van der Waals surface area contributed by atoms with E-state index in [-0.39, 0.29) is 24.2 Å². The first-order valence-electron chi connectivity index (χ1n) is 8.54. The molecule has 6 nitrogen and oxygen atoms in total. The number of aliphatic imine (C=N–C) groups is 1. The fourth-order valence-electron chi connectivity index (χ4n) is 2.84. The Labute approximate surface area is 152 Å². The highest BCUT2D eigenvalue weighted by Gasteiger charge is 2.25. The average Bonchev–Trinajstić information content (AvgIpc) is 2.62. The molecular weight excluding hydrogens is 330 g/mol. The normalized spacial score (nSPS) is 16.5. The highest BCUT2D eigenvalue weighted by Crippen LogP contribution is 2.31. The average molecular weight is 351 g/mol. The zero-order valence-corrected chi connectivity index (χ0v) is 14.8. The zero-order valence-electron chi connectivity index (χ0n) is 14.8. The summed E-state index contributed by atoms with van der Waals surface area (Å²) >= 11 is 0. The van der Waals surface area contributed by atoms with Crippen molar-refractivity contribution in [1.82, 2.24) is 10.6 Å². The third kappa shape index (κ3) is 4.08. The number of para-hydroxylation sites is 1. The van der Waals surface area contributed by atoms with Crippen molar-refractivity contribution in [3.8, 4) is 5.75 Å². The number of carbonyl (C=O) groups excluding carboxylic acids is 2. The van der Waals surface area contributed by atoms with Crippen molar-refractivity contribution >= 4 is 17.8 Å². The van der Waals surface area contributed by atoms with E-state index in [1.807, 2.05) is 50.2 Å². The molecule has 1 aliphatic heterocycles. The lowest BCUT2D eigenvalue weighted by Gasteiger charge is -2.23. The molecule has 2 aromatic carbocycles. The number of guanidine groups is 1. The summed E-state index contributed by atoms with van der Waals surface area (Å²) in [6.07, 6.45) is 0.202. The lowest BCUT2D eigenvalue weighted by molar-refractivity contribution is -0.120. The maximum Gasteiger partial charge on any atom is 0.257 e. The van der Waals surface area contributed by atoms with Gasteiger partial charge in [-0.2, -0.15) is 0 Å². The van der Waals surface area contributed by atoms with Gasteiger partial charge < -0.3 is 4.74 Å². The molecule has 0 radical (unpaired) electrons. The third-order valence-corrected chi connectivity index (χ3v) is 4.01. The predicted octanol–water partition coefficient (Wildman–Crippen LogP) is 2.74. The first-order valence-corrected chi connectivity index (χ1v) is 8.54. The highest BCUT2D eigenvalue weighted by atomic mass is 16.5. The molecular formula is C20H21N3O3. The van der Waals surface area contributed by atoms with Gasteiger partial charge in [0.25, 0.3) is 5.91 Å². The van der Waals surface area contributed by atoms with Gasteiger partial charge in [0.05, 0.1) is 19.1 Å². The minimum atomic E-state index is -0.403. The van der Waals surface area contributed by atoms with Gasteiger partial charge in [-0.25, -0.2) is 4.99 Å². The Balaban J connectivity index is 1.84. The van der Waals surface area contributed by atoms with E-state index in [2.05, 4.69) is 15.6 Å². The molecule has 1 atom stereocenters. The van der Waals surface area contributed by atoms with E-state index >= 15 is 0 Å². The molecule has 3 rings (SSSR count). The van der Waals surface area contributed by atoms with Crippen LogP contribution in [0.4, 0.5) is 0 Å². The first kappa shape index (κ1) is 17.7. The second kappa shape index (κ2) is 7.82. The van der Waals surface area contributed by atoms with Crippen molar-refractivity contribution in [1.29, 1.82) is 0 Å². The van der Waals surface area contributed by atoms with Crippen LogP contribution in [0.1, 0.15) is 40.9 Å². The number of nitrogens with one attached hydrogen (secondary N) is 2. The molecule has 134 valence electrons. The number of hydrogen-bond donors (Lipinski definition) is 2. The van der Waals surface area contributed by atoms with Gasteiger partial charge in [0.2, 0.25) is 11.9 Å². The molecule has 2 N–H and O–H groups in total. The van der Waals surface area contributed by atoms with Crippen LogP contribution >= 0.6 is 0 Å². The molecule has 6 heteroatoms. The predicted molar refractivity (Wildman–Crippen MR) is 99.2 cm³/mol. The first-order chi connectivity index (χ1) is 12.6. The summed E-state index contributed by atoms with van der Waals surface area (Å²) in [7, 11) is 0. The van der Waals surface area contributed by atoms with Gasteiger partial charge in [-0.1, -0.05) is 35.9 Å². The molecule has 0 bridgehead atoms. The van der Waals surface area contributed by atoms with E-state index in [9.17, 15) is 9.59 Å². The van der Waals surface area contributed by atoms with E-state index in [1.165, 1.54) is 0 Å². The Hall–Kier alpha value is -3.15. The molecule has 26 heavy (non-hydrogen) atoms. The largest absolute Gasteiger partial charge is 0.494 e. The number of nitrogens with zero attached hydrogens (tertiary/aromatic N) is 1. The second-order valence-electron chi connectivity index (χ2n) is 6.04. The number of hydrogen-bond acceptors (Lipinski definition) is 4. The van der Waals surface area contributed by atoms with Crippen LogP contribution in [0.3, 0.4) is 0 Å². The molecule has 0 spiro atoms.